The molecule has 4 nitrogen and oxygen atoms in total. The number of ether oxygens (including phenoxy) is 1. The van der Waals surface area contributed by atoms with Crippen molar-refractivity contribution >= 4 is 11.6 Å². The lowest BCUT2D eigenvalue weighted by molar-refractivity contribution is 0.415. The van der Waals surface area contributed by atoms with Gasteiger partial charge in [0.2, 0.25) is 0 Å². The summed E-state index contributed by atoms with van der Waals surface area (Å²) >= 11 is 5.92. The molecule has 0 radical (unpaired) electrons. The molecule has 16 heavy (non-hydrogen) atoms. The van der Waals surface area contributed by atoms with Crippen LogP contribution < -0.4 is 10.4 Å². The van der Waals surface area contributed by atoms with Crippen molar-refractivity contribution in [3.8, 4) is 16.9 Å². The van der Waals surface area contributed by atoms with Gasteiger partial charge in [0.25, 0.3) is 0 Å². The molecule has 5 heteroatoms. The second kappa shape index (κ2) is 4.37. The quantitative estimate of drug-likeness (QED) is 0.813. The van der Waals surface area contributed by atoms with E-state index in [4.69, 9.17) is 16.3 Å². The average Bonchev–Trinajstić information content (AvgIpc) is 2.29. The number of nitrogens with zero attached hydrogens (tertiary/aromatic N) is 1. The molecule has 0 atom stereocenters. The second-order valence-corrected chi connectivity index (χ2v) is 3.53. The van der Waals surface area contributed by atoms with Crippen molar-refractivity contribution in [2.24, 2.45) is 0 Å². The lowest BCUT2D eigenvalue weighted by Crippen LogP contribution is -2.09. The van der Waals surface area contributed by atoms with Crippen molar-refractivity contribution in [1.29, 1.82) is 0 Å². The molecule has 0 unspecified atom stereocenters. The molecule has 0 saturated carbocycles. The van der Waals surface area contributed by atoms with Crippen LogP contribution >= 0.6 is 11.6 Å². The lowest BCUT2D eigenvalue weighted by atomic mass is 10.1. The Balaban J connectivity index is 2.54. The normalized spacial score (nSPS) is 10.1. The van der Waals surface area contributed by atoms with E-state index < -0.39 is 5.69 Å². The summed E-state index contributed by atoms with van der Waals surface area (Å²) in [6.07, 6.45) is 1.44. The van der Waals surface area contributed by atoms with Crippen LogP contribution in [0.15, 0.2) is 35.3 Å². The van der Waals surface area contributed by atoms with E-state index in [-0.39, 0.29) is 5.15 Å². The Bertz CT molecular complexity index is 566. The standard InChI is InChI=1S/C11H9ClN2O2/c1-16-8-4-2-3-7(5-8)9-6-13-11(15)14-10(9)12/h2-6H,1H3,(H,13,14,15). The summed E-state index contributed by atoms with van der Waals surface area (Å²) in [6, 6.07) is 7.36. The number of halogens is 1. The van der Waals surface area contributed by atoms with E-state index in [1.54, 1.807) is 7.11 Å². The zero-order valence-electron chi connectivity index (χ0n) is 8.53. The molecule has 0 saturated heterocycles. The second-order valence-electron chi connectivity index (χ2n) is 3.15. The first-order chi connectivity index (χ1) is 7.70. The number of nitrogens with one attached hydrogen (secondary N) is 1. The minimum Gasteiger partial charge on any atom is -0.497 e. The highest BCUT2D eigenvalue weighted by Gasteiger charge is 2.05. The van der Waals surface area contributed by atoms with Crippen molar-refractivity contribution in [3.05, 3.63) is 46.1 Å². The number of hydrogen-bond acceptors (Lipinski definition) is 3. The number of H-pyrrole nitrogens is 1. The van der Waals surface area contributed by atoms with Crippen LogP contribution in [0, 0.1) is 0 Å². The zero-order valence-corrected chi connectivity index (χ0v) is 9.28. The minimum absolute atomic E-state index is 0.272. The molecule has 0 fully saturated rings. The van der Waals surface area contributed by atoms with Crippen LogP contribution in [0.2, 0.25) is 5.15 Å². The molecular weight excluding hydrogens is 228 g/mol. The van der Waals surface area contributed by atoms with Crippen LogP contribution in [0.5, 0.6) is 5.75 Å². The Kier molecular flexibility index (Phi) is 2.92. The molecule has 2 rings (SSSR count). The monoisotopic (exact) mass is 236 g/mol. The molecule has 82 valence electrons. The van der Waals surface area contributed by atoms with Gasteiger partial charge in [-0.05, 0) is 17.7 Å². The molecule has 0 aliphatic carbocycles. The highest BCUT2D eigenvalue weighted by molar-refractivity contribution is 6.32. The first-order valence-electron chi connectivity index (χ1n) is 4.60. The maximum absolute atomic E-state index is 10.9. The molecule has 1 aromatic carbocycles. The van der Waals surface area contributed by atoms with Gasteiger partial charge in [-0.1, -0.05) is 23.7 Å². The summed E-state index contributed by atoms with van der Waals surface area (Å²) < 4.78 is 5.10. The van der Waals surface area contributed by atoms with E-state index in [0.29, 0.717) is 5.56 Å². The highest BCUT2D eigenvalue weighted by atomic mass is 35.5. The van der Waals surface area contributed by atoms with Crippen LogP contribution in [-0.2, 0) is 0 Å². The van der Waals surface area contributed by atoms with Crippen LogP contribution in [-0.4, -0.2) is 17.1 Å². The molecule has 0 aliphatic heterocycles. The molecular formula is C11H9ClN2O2. The number of aromatic amines is 1. The SMILES string of the molecule is COc1cccc(-c2cnc(=O)[nH]c2Cl)c1. The predicted molar refractivity (Wildman–Crippen MR) is 61.9 cm³/mol. The van der Waals surface area contributed by atoms with Gasteiger partial charge in [0.05, 0.1) is 7.11 Å². The molecule has 1 heterocycles. The fraction of sp³-hybridized carbons (Fsp3) is 0.0909. The van der Waals surface area contributed by atoms with Crippen molar-refractivity contribution in [2.45, 2.75) is 0 Å². The molecule has 0 bridgehead atoms. The van der Waals surface area contributed by atoms with Crippen molar-refractivity contribution in [3.63, 3.8) is 0 Å². The van der Waals surface area contributed by atoms with E-state index >= 15 is 0 Å². The smallest absolute Gasteiger partial charge is 0.346 e. The summed E-state index contributed by atoms with van der Waals surface area (Å²) in [5.74, 6) is 0.722. The van der Waals surface area contributed by atoms with Crippen LogP contribution in [0.1, 0.15) is 0 Å². The lowest BCUT2D eigenvalue weighted by Gasteiger charge is -2.05. The zero-order chi connectivity index (χ0) is 11.5. The summed E-state index contributed by atoms with van der Waals surface area (Å²) in [4.78, 5) is 17.0. The van der Waals surface area contributed by atoms with Gasteiger partial charge in [-0.25, -0.2) is 9.78 Å². The van der Waals surface area contributed by atoms with Gasteiger partial charge in [-0.15, -0.1) is 0 Å². The maximum Gasteiger partial charge on any atom is 0.346 e. The number of benzene rings is 1. The topological polar surface area (TPSA) is 55.0 Å². The average molecular weight is 237 g/mol. The first-order valence-corrected chi connectivity index (χ1v) is 4.98. The van der Waals surface area contributed by atoms with Gasteiger partial charge >= 0.3 is 5.69 Å². The Morgan fingerprint density at radius 2 is 2.25 bits per heavy atom. The Labute approximate surface area is 96.9 Å². The number of hydrogen-bond donors (Lipinski definition) is 1. The summed E-state index contributed by atoms with van der Waals surface area (Å²) in [5.41, 5.74) is 1.05. The van der Waals surface area contributed by atoms with Crippen molar-refractivity contribution < 1.29 is 4.74 Å². The van der Waals surface area contributed by atoms with Gasteiger partial charge in [-0.2, -0.15) is 0 Å². The van der Waals surface area contributed by atoms with Gasteiger partial charge < -0.3 is 4.74 Å². The maximum atomic E-state index is 10.9. The van der Waals surface area contributed by atoms with Gasteiger partial charge in [0.1, 0.15) is 10.9 Å². The highest BCUT2D eigenvalue weighted by Crippen LogP contribution is 2.26. The summed E-state index contributed by atoms with van der Waals surface area (Å²) in [6.45, 7) is 0. The van der Waals surface area contributed by atoms with E-state index in [0.717, 1.165) is 11.3 Å². The minimum atomic E-state index is -0.461. The third-order valence-corrected chi connectivity index (χ3v) is 2.44. The van der Waals surface area contributed by atoms with Crippen LogP contribution in [0.4, 0.5) is 0 Å². The Morgan fingerprint density at radius 1 is 1.44 bits per heavy atom. The molecule has 2 aromatic rings. The number of rotatable bonds is 2. The number of methoxy groups -OCH3 is 1. The Hall–Kier alpha value is -1.81. The van der Waals surface area contributed by atoms with E-state index in [1.807, 2.05) is 24.3 Å². The van der Waals surface area contributed by atoms with Gasteiger partial charge in [-0.3, -0.25) is 4.98 Å². The molecule has 1 N–H and O–H groups in total. The fourth-order valence-electron chi connectivity index (χ4n) is 1.37. The molecule has 1 aromatic heterocycles. The van der Waals surface area contributed by atoms with Gasteiger partial charge in [0, 0.05) is 11.8 Å². The molecule has 0 spiro atoms. The van der Waals surface area contributed by atoms with Crippen LogP contribution in [0.3, 0.4) is 0 Å². The van der Waals surface area contributed by atoms with E-state index in [2.05, 4.69) is 9.97 Å². The molecule has 0 aliphatic rings. The largest absolute Gasteiger partial charge is 0.497 e. The van der Waals surface area contributed by atoms with Crippen molar-refractivity contribution in [2.75, 3.05) is 7.11 Å². The fourth-order valence-corrected chi connectivity index (χ4v) is 1.60. The Morgan fingerprint density at radius 3 is 2.94 bits per heavy atom. The molecule has 0 amide bonds. The third-order valence-electron chi connectivity index (χ3n) is 2.14. The summed E-state index contributed by atoms with van der Waals surface area (Å²) in [5, 5.41) is 0.272. The third kappa shape index (κ3) is 2.06. The first kappa shape index (κ1) is 10.7. The van der Waals surface area contributed by atoms with Gasteiger partial charge in [0.15, 0.2) is 0 Å². The van der Waals surface area contributed by atoms with E-state index in [1.165, 1.54) is 6.20 Å². The van der Waals surface area contributed by atoms with Crippen molar-refractivity contribution in [1.82, 2.24) is 9.97 Å². The number of aromatic nitrogens is 2. The van der Waals surface area contributed by atoms with Crippen LogP contribution in [0.25, 0.3) is 11.1 Å². The van der Waals surface area contributed by atoms with E-state index in [9.17, 15) is 4.79 Å². The predicted octanol–water partition coefficient (Wildman–Crippen LogP) is 2.10. The summed E-state index contributed by atoms with van der Waals surface area (Å²) in [7, 11) is 1.59.